The first-order chi connectivity index (χ1) is 16.7. The zero-order valence-corrected chi connectivity index (χ0v) is 20.5. The van der Waals surface area contributed by atoms with Crippen molar-refractivity contribution < 1.29 is 24.2 Å². The number of nitrogens with one attached hydrogen (secondary N) is 1. The first-order valence-electron chi connectivity index (χ1n) is 12.6. The predicted molar refractivity (Wildman–Crippen MR) is 133 cm³/mol. The van der Waals surface area contributed by atoms with E-state index in [1.807, 2.05) is 49.4 Å². The van der Waals surface area contributed by atoms with Crippen molar-refractivity contribution in [3.05, 3.63) is 72.4 Å². The van der Waals surface area contributed by atoms with Crippen molar-refractivity contribution in [1.82, 2.24) is 5.32 Å². The molecule has 1 aromatic rings. The fourth-order valence-electron chi connectivity index (χ4n) is 6.00. The highest BCUT2D eigenvalue weighted by atomic mass is 16.6. The lowest BCUT2D eigenvalue weighted by molar-refractivity contribution is -0.182. The summed E-state index contributed by atoms with van der Waals surface area (Å²) in [6, 6.07) is 9.53. The van der Waals surface area contributed by atoms with E-state index < -0.39 is 35.4 Å². The second-order valence-electron chi connectivity index (χ2n) is 10.3. The molecule has 35 heavy (non-hydrogen) atoms. The van der Waals surface area contributed by atoms with Crippen LogP contribution >= 0.6 is 0 Å². The summed E-state index contributed by atoms with van der Waals surface area (Å²) in [5.41, 5.74) is 0.0801. The maximum absolute atomic E-state index is 13.7. The number of carbonyl (C=O) groups excluding carboxylic acids is 3. The molecule has 1 amide bonds. The van der Waals surface area contributed by atoms with Crippen LogP contribution in [-0.2, 0) is 25.5 Å². The quantitative estimate of drug-likeness (QED) is 0.501. The molecule has 2 N–H and O–H groups in total. The van der Waals surface area contributed by atoms with E-state index in [2.05, 4.69) is 18.8 Å². The molecular weight excluding hydrogens is 442 g/mol. The van der Waals surface area contributed by atoms with Crippen molar-refractivity contribution in [2.24, 2.45) is 23.7 Å². The minimum absolute atomic E-state index is 0.143. The molecule has 1 aliphatic carbocycles. The molecular formula is C29H35NO5. The molecule has 0 aromatic heterocycles. The zero-order valence-electron chi connectivity index (χ0n) is 20.5. The van der Waals surface area contributed by atoms with Gasteiger partial charge in [-0.1, -0.05) is 62.9 Å². The Kier molecular flexibility index (Phi) is 7.41. The lowest BCUT2D eigenvalue weighted by atomic mass is 9.59. The van der Waals surface area contributed by atoms with Crippen LogP contribution < -0.4 is 5.32 Å². The number of allylic oxidation sites excluding steroid dienone is 2. The van der Waals surface area contributed by atoms with Gasteiger partial charge in [-0.3, -0.25) is 9.59 Å². The summed E-state index contributed by atoms with van der Waals surface area (Å²) in [5, 5.41) is 14.4. The highest BCUT2D eigenvalue weighted by Crippen LogP contribution is 2.52. The van der Waals surface area contributed by atoms with Crippen molar-refractivity contribution in [3.63, 3.8) is 0 Å². The van der Waals surface area contributed by atoms with Crippen LogP contribution in [0.3, 0.4) is 0 Å². The van der Waals surface area contributed by atoms with E-state index in [0.717, 1.165) is 30.9 Å². The molecule has 1 aromatic carbocycles. The molecule has 6 heteroatoms. The number of ether oxygens (including phenoxy) is 1. The third-order valence-electron chi connectivity index (χ3n) is 7.91. The Morgan fingerprint density at radius 2 is 1.89 bits per heavy atom. The van der Waals surface area contributed by atoms with Crippen LogP contribution in [0.4, 0.5) is 0 Å². The standard InChI is InChI=1S/C29H35NO5/c1-18-9-7-13-22(31)15-16-25(32)35-29-23(14-8-10-18)27(33)20(3)19(2)26(29)24(30-28(29)34)17-21-11-5-4-6-12-21/h4-6,8,11-12,14-16,18-19,23-24,26-27,33H,3,7,9-10,13,17H2,1-2H3,(H,30,34)/b14-8+,16-15?/t18-,19-,23-,24-,26+,27+,29-/m0/s1. The Balaban J connectivity index is 1.79. The van der Waals surface area contributed by atoms with Gasteiger partial charge in [-0.05, 0) is 54.7 Å². The van der Waals surface area contributed by atoms with Crippen molar-refractivity contribution in [2.75, 3.05) is 0 Å². The SMILES string of the molecule is C=C1[C@@H](O)[C@@H]2/C=C/C[C@@H](C)CCCC(=O)C=CC(=O)O[C@@]23C(=O)N[C@@H](Cc2ccccc2)[C@H]3[C@H]1C. The van der Waals surface area contributed by atoms with Crippen molar-refractivity contribution in [1.29, 1.82) is 0 Å². The summed E-state index contributed by atoms with van der Waals surface area (Å²) >= 11 is 0. The molecule has 2 heterocycles. The molecule has 1 saturated heterocycles. The Hall–Kier alpha value is -2.99. The van der Waals surface area contributed by atoms with Crippen molar-refractivity contribution in [3.8, 4) is 0 Å². The molecule has 0 bridgehead atoms. The predicted octanol–water partition coefficient (Wildman–Crippen LogP) is 3.70. The lowest BCUT2D eigenvalue weighted by Crippen LogP contribution is -2.61. The van der Waals surface area contributed by atoms with Gasteiger partial charge in [0.15, 0.2) is 5.78 Å². The van der Waals surface area contributed by atoms with Gasteiger partial charge in [-0.2, -0.15) is 0 Å². The van der Waals surface area contributed by atoms with E-state index in [9.17, 15) is 19.5 Å². The van der Waals surface area contributed by atoms with E-state index in [0.29, 0.717) is 24.3 Å². The minimum Gasteiger partial charge on any atom is -0.445 e. The summed E-state index contributed by atoms with van der Waals surface area (Å²) in [6.07, 6.45) is 8.39. The first kappa shape index (κ1) is 25.1. The first-order valence-corrected chi connectivity index (χ1v) is 12.6. The number of benzene rings is 1. The summed E-state index contributed by atoms with van der Waals surface area (Å²) in [5.74, 6) is -2.46. The van der Waals surface area contributed by atoms with Gasteiger partial charge in [-0.15, -0.1) is 0 Å². The van der Waals surface area contributed by atoms with E-state index in [1.54, 1.807) is 0 Å². The topological polar surface area (TPSA) is 92.7 Å². The minimum atomic E-state index is -1.60. The van der Waals surface area contributed by atoms with Crippen molar-refractivity contribution >= 4 is 17.7 Å². The molecule has 6 nitrogen and oxygen atoms in total. The van der Waals surface area contributed by atoms with Gasteiger partial charge in [0.05, 0.1) is 12.0 Å². The van der Waals surface area contributed by atoms with Crippen LogP contribution in [0, 0.1) is 23.7 Å². The fourth-order valence-corrected chi connectivity index (χ4v) is 6.00. The van der Waals surface area contributed by atoms with Gasteiger partial charge in [0, 0.05) is 24.5 Å². The smallest absolute Gasteiger partial charge is 0.331 e. The van der Waals surface area contributed by atoms with Crippen molar-refractivity contribution in [2.45, 2.75) is 63.7 Å². The second kappa shape index (κ2) is 10.3. The molecule has 7 atom stereocenters. The van der Waals surface area contributed by atoms with Gasteiger partial charge in [-0.25, -0.2) is 4.79 Å². The van der Waals surface area contributed by atoms with Crippen LogP contribution in [0.5, 0.6) is 0 Å². The number of esters is 1. The van der Waals surface area contributed by atoms with E-state index in [1.165, 1.54) is 6.08 Å². The normalized spacial score (nSPS) is 37.0. The molecule has 4 rings (SSSR count). The van der Waals surface area contributed by atoms with Crippen LogP contribution in [0.15, 0.2) is 66.8 Å². The summed E-state index contributed by atoms with van der Waals surface area (Å²) in [6.45, 7) is 8.21. The maximum Gasteiger partial charge on any atom is 0.331 e. The summed E-state index contributed by atoms with van der Waals surface area (Å²) in [4.78, 5) is 38.9. The molecule has 0 radical (unpaired) electrons. The number of amides is 1. The van der Waals surface area contributed by atoms with Gasteiger partial charge in [0.2, 0.25) is 5.60 Å². The third-order valence-corrected chi connectivity index (χ3v) is 7.91. The largest absolute Gasteiger partial charge is 0.445 e. The van der Waals surface area contributed by atoms with Gasteiger partial charge in [0.25, 0.3) is 5.91 Å². The highest BCUT2D eigenvalue weighted by molar-refractivity contribution is 5.98. The highest BCUT2D eigenvalue weighted by Gasteiger charge is 2.67. The number of carbonyl (C=O) groups is 3. The van der Waals surface area contributed by atoms with E-state index in [-0.39, 0.29) is 17.7 Å². The number of ketones is 1. The third kappa shape index (κ3) is 4.90. The summed E-state index contributed by atoms with van der Waals surface area (Å²) < 4.78 is 6.01. The number of hydrogen-bond donors (Lipinski definition) is 2. The number of aliphatic hydroxyl groups excluding tert-OH is 1. The van der Waals surface area contributed by atoms with Crippen LogP contribution in [0.1, 0.15) is 45.1 Å². The monoisotopic (exact) mass is 477 g/mol. The molecule has 2 fully saturated rings. The second-order valence-corrected chi connectivity index (χ2v) is 10.3. The van der Waals surface area contributed by atoms with Gasteiger partial charge >= 0.3 is 5.97 Å². The zero-order chi connectivity index (χ0) is 25.2. The molecule has 1 saturated carbocycles. The van der Waals surface area contributed by atoms with E-state index in [4.69, 9.17) is 4.74 Å². The average molecular weight is 478 g/mol. The number of aliphatic hydroxyl groups is 1. The Morgan fingerprint density at radius 1 is 1.14 bits per heavy atom. The van der Waals surface area contributed by atoms with E-state index >= 15 is 0 Å². The van der Waals surface area contributed by atoms with Crippen LogP contribution in [0.2, 0.25) is 0 Å². The molecule has 186 valence electrons. The Labute approximate surface area is 207 Å². The van der Waals surface area contributed by atoms with Gasteiger partial charge in [0.1, 0.15) is 0 Å². The number of rotatable bonds is 2. The van der Waals surface area contributed by atoms with Gasteiger partial charge < -0.3 is 15.2 Å². The Morgan fingerprint density at radius 3 is 2.63 bits per heavy atom. The molecule has 2 aliphatic heterocycles. The van der Waals surface area contributed by atoms with Crippen LogP contribution in [-0.4, -0.2) is 40.5 Å². The molecule has 3 aliphatic rings. The lowest BCUT2D eigenvalue weighted by Gasteiger charge is -2.49. The maximum atomic E-state index is 13.7. The fraction of sp³-hybridized carbons (Fsp3) is 0.483. The average Bonchev–Trinajstić information content (AvgIpc) is 3.09. The van der Waals surface area contributed by atoms with Crippen LogP contribution in [0.25, 0.3) is 0 Å². The summed E-state index contributed by atoms with van der Waals surface area (Å²) in [7, 11) is 0. The molecule has 0 unspecified atom stereocenters. The molecule has 1 spiro atoms. The number of hydrogen-bond acceptors (Lipinski definition) is 5. The Bertz CT molecular complexity index is 1040.